The van der Waals surface area contributed by atoms with Crippen molar-refractivity contribution in [2.45, 2.75) is 18.7 Å². The Morgan fingerprint density at radius 3 is 2.31 bits per heavy atom. The Balaban J connectivity index is 1.42. The predicted molar refractivity (Wildman–Crippen MR) is 126 cm³/mol. The molecule has 2 aromatic heterocycles. The van der Waals surface area contributed by atoms with Crippen molar-refractivity contribution in [3.05, 3.63) is 63.8 Å². The van der Waals surface area contributed by atoms with Crippen LogP contribution in [0.3, 0.4) is 0 Å². The van der Waals surface area contributed by atoms with Gasteiger partial charge in [-0.2, -0.15) is 4.31 Å². The smallest absolute Gasteiger partial charge is 0.244 e. The minimum atomic E-state index is -3.72. The second-order valence-electron chi connectivity index (χ2n) is 7.49. The van der Waals surface area contributed by atoms with Crippen molar-refractivity contribution in [1.29, 1.82) is 0 Å². The van der Waals surface area contributed by atoms with Gasteiger partial charge in [0.15, 0.2) is 11.6 Å². The number of halogens is 2. The van der Waals surface area contributed by atoms with Crippen LogP contribution in [0.2, 0.25) is 10.0 Å². The Morgan fingerprint density at radius 1 is 0.906 bits per heavy atom. The fraction of sp³-hybridized carbons (Fsp3) is 0.286. The van der Waals surface area contributed by atoms with Crippen molar-refractivity contribution in [3.8, 4) is 0 Å². The Hall–Kier alpha value is -2.46. The maximum Gasteiger partial charge on any atom is 0.244 e. The number of anilines is 3. The third-order valence-corrected chi connectivity index (χ3v) is 7.96. The molecule has 0 aliphatic carbocycles. The van der Waals surface area contributed by atoms with E-state index < -0.39 is 10.0 Å². The van der Waals surface area contributed by atoms with Gasteiger partial charge < -0.3 is 10.2 Å². The molecule has 168 valence electrons. The molecule has 32 heavy (non-hydrogen) atoms. The minimum absolute atomic E-state index is 0.0782. The summed E-state index contributed by atoms with van der Waals surface area (Å²) >= 11 is 12.2. The van der Waals surface area contributed by atoms with Crippen LogP contribution in [0.1, 0.15) is 11.3 Å². The van der Waals surface area contributed by atoms with Crippen LogP contribution in [0, 0.1) is 13.8 Å². The van der Waals surface area contributed by atoms with Crippen molar-refractivity contribution in [2.75, 3.05) is 36.4 Å². The molecule has 0 unspecified atom stereocenters. The quantitative estimate of drug-likeness (QED) is 0.574. The molecule has 1 fully saturated rings. The van der Waals surface area contributed by atoms with Gasteiger partial charge in [0.1, 0.15) is 10.7 Å². The lowest BCUT2D eigenvalue weighted by molar-refractivity contribution is 0.383. The molecule has 1 aliphatic heterocycles. The van der Waals surface area contributed by atoms with Gasteiger partial charge in [0.05, 0.1) is 5.02 Å². The highest BCUT2D eigenvalue weighted by Gasteiger charge is 2.31. The molecule has 4 rings (SSSR count). The summed E-state index contributed by atoms with van der Waals surface area (Å²) in [6.07, 6.45) is 0. The molecule has 1 N–H and O–H groups in total. The molecule has 0 radical (unpaired) electrons. The van der Waals surface area contributed by atoms with E-state index in [0.717, 1.165) is 5.69 Å². The van der Waals surface area contributed by atoms with E-state index in [9.17, 15) is 8.42 Å². The number of aryl methyl sites for hydroxylation is 2. The number of hydrogen-bond donors (Lipinski definition) is 1. The van der Waals surface area contributed by atoms with Crippen molar-refractivity contribution in [1.82, 2.24) is 19.5 Å². The second kappa shape index (κ2) is 9.19. The molecule has 0 spiro atoms. The van der Waals surface area contributed by atoms with E-state index in [0.29, 0.717) is 54.2 Å². The second-order valence-corrected chi connectivity index (χ2v) is 10.2. The standard InChI is InChI=1S/C21H22Cl2N6O2S/c1-14-12-18(17(23)13-16(14)22)32(30,31)29-10-8-28(9-11-29)21-7-6-20(26-27-21)25-19-5-3-4-15(2)24-19/h3-7,12-13H,8-11H2,1-2H3,(H,24,25,26). The van der Waals surface area contributed by atoms with Crippen LogP contribution in [0.15, 0.2) is 47.4 Å². The zero-order valence-corrected chi connectivity index (χ0v) is 19.9. The Kier molecular flexibility index (Phi) is 6.52. The van der Waals surface area contributed by atoms with Crippen LogP contribution in [-0.4, -0.2) is 54.1 Å². The SMILES string of the molecule is Cc1cccc(Nc2ccc(N3CCN(S(=O)(=O)c4cc(C)c(Cl)cc4Cl)CC3)nn2)n1. The van der Waals surface area contributed by atoms with Gasteiger partial charge in [-0.05, 0) is 55.8 Å². The predicted octanol–water partition coefficient (Wildman–Crippen LogP) is 4.05. The van der Waals surface area contributed by atoms with Crippen LogP contribution in [-0.2, 0) is 10.0 Å². The highest BCUT2D eigenvalue weighted by molar-refractivity contribution is 7.89. The highest BCUT2D eigenvalue weighted by Crippen LogP contribution is 2.31. The summed E-state index contributed by atoms with van der Waals surface area (Å²) < 4.78 is 27.6. The maximum absolute atomic E-state index is 13.1. The fourth-order valence-corrected chi connectivity index (χ4v) is 5.66. The van der Waals surface area contributed by atoms with Crippen LogP contribution < -0.4 is 10.2 Å². The first kappa shape index (κ1) is 22.7. The van der Waals surface area contributed by atoms with E-state index >= 15 is 0 Å². The molecule has 3 aromatic rings. The molecule has 1 aliphatic rings. The number of aromatic nitrogens is 3. The lowest BCUT2D eigenvalue weighted by atomic mass is 10.2. The number of piperazine rings is 1. The maximum atomic E-state index is 13.1. The first-order chi connectivity index (χ1) is 15.2. The number of pyridine rings is 1. The minimum Gasteiger partial charge on any atom is -0.352 e. The highest BCUT2D eigenvalue weighted by atomic mass is 35.5. The summed E-state index contributed by atoms with van der Waals surface area (Å²) in [4.78, 5) is 6.47. The number of nitrogens with one attached hydrogen (secondary N) is 1. The zero-order valence-electron chi connectivity index (χ0n) is 17.6. The molecule has 3 heterocycles. The van der Waals surface area contributed by atoms with E-state index in [1.807, 2.05) is 42.2 Å². The summed E-state index contributed by atoms with van der Waals surface area (Å²) in [5, 5.41) is 12.2. The van der Waals surface area contributed by atoms with E-state index in [2.05, 4.69) is 20.5 Å². The molecular weight excluding hydrogens is 471 g/mol. The van der Waals surface area contributed by atoms with Crippen LogP contribution in [0.5, 0.6) is 0 Å². The first-order valence-electron chi connectivity index (χ1n) is 9.99. The van der Waals surface area contributed by atoms with Crippen molar-refractivity contribution < 1.29 is 8.42 Å². The van der Waals surface area contributed by atoms with Gasteiger partial charge in [-0.1, -0.05) is 29.3 Å². The number of nitrogens with zero attached hydrogens (tertiary/aromatic N) is 5. The summed E-state index contributed by atoms with van der Waals surface area (Å²) in [5.74, 6) is 1.97. The largest absolute Gasteiger partial charge is 0.352 e. The fourth-order valence-electron chi connectivity index (χ4n) is 3.43. The summed E-state index contributed by atoms with van der Waals surface area (Å²) in [7, 11) is -3.72. The lowest BCUT2D eigenvalue weighted by Gasteiger charge is -2.34. The number of sulfonamides is 1. The topological polar surface area (TPSA) is 91.3 Å². The van der Waals surface area contributed by atoms with Crippen LogP contribution in [0.25, 0.3) is 0 Å². The molecule has 0 amide bonds. The Bertz CT molecular complexity index is 1230. The third-order valence-electron chi connectivity index (χ3n) is 5.19. The summed E-state index contributed by atoms with van der Waals surface area (Å²) in [5.41, 5.74) is 1.57. The van der Waals surface area contributed by atoms with E-state index in [1.165, 1.54) is 16.4 Å². The van der Waals surface area contributed by atoms with Gasteiger partial charge in [0.2, 0.25) is 10.0 Å². The van der Waals surface area contributed by atoms with Crippen LogP contribution in [0.4, 0.5) is 17.5 Å². The molecule has 0 bridgehead atoms. The lowest BCUT2D eigenvalue weighted by Crippen LogP contribution is -2.49. The summed E-state index contributed by atoms with van der Waals surface area (Å²) in [6.45, 7) is 5.28. The van der Waals surface area contributed by atoms with E-state index in [1.54, 1.807) is 6.92 Å². The Labute approximate surface area is 197 Å². The van der Waals surface area contributed by atoms with Gasteiger partial charge in [-0.3, -0.25) is 0 Å². The van der Waals surface area contributed by atoms with E-state index in [-0.39, 0.29) is 9.92 Å². The van der Waals surface area contributed by atoms with E-state index in [4.69, 9.17) is 23.2 Å². The summed E-state index contributed by atoms with van der Waals surface area (Å²) in [6, 6.07) is 12.4. The average Bonchev–Trinajstić information content (AvgIpc) is 2.77. The molecule has 0 saturated carbocycles. The van der Waals surface area contributed by atoms with Crippen molar-refractivity contribution in [2.24, 2.45) is 0 Å². The van der Waals surface area contributed by atoms with Gasteiger partial charge in [-0.25, -0.2) is 13.4 Å². The number of benzene rings is 1. The first-order valence-corrected chi connectivity index (χ1v) is 12.2. The molecule has 1 saturated heterocycles. The monoisotopic (exact) mass is 492 g/mol. The molecule has 1 aromatic carbocycles. The number of hydrogen-bond acceptors (Lipinski definition) is 7. The van der Waals surface area contributed by atoms with Gasteiger partial charge >= 0.3 is 0 Å². The molecular formula is C21H22Cl2N6O2S. The molecule has 8 nitrogen and oxygen atoms in total. The van der Waals surface area contributed by atoms with Gasteiger partial charge in [0, 0.05) is 36.9 Å². The average molecular weight is 493 g/mol. The number of rotatable bonds is 5. The van der Waals surface area contributed by atoms with Crippen LogP contribution >= 0.6 is 23.2 Å². The normalized spacial score (nSPS) is 15.1. The molecule has 11 heteroatoms. The van der Waals surface area contributed by atoms with Crippen molar-refractivity contribution in [3.63, 3.8) is 0 Å². The van der Waals surface area contributed by atoms with Crippen molar-refractivity contribution >= 4 is 50.7 Å². The van der Waals surface area contributed by atoms with Gasteiger partial charge in [0.25, 0.3) is 0 Å². The third kappa shape index (κ3) is 4.80. The Morgan fingerprint density at radius 2 is 1.66 bits per heavy atom. The zero-order chi connectivity index (χ0) is 22.9. The van der Waals surface area contributed by atoms with Gasteiger partial charge in [-0.15, -0.1) is 10.2 Å². The molecule has 0 atom stereocenters.